The maximum atomic E-state index is 13.8. The SMILES string of the molecule is C=CC(=O)Nc1ccccc1Nc1nc(Nc2ccc(N(CCC)CCC)cc2OC)ncc1C(F)(F)F. The number of hydrogen-bond donors (Lipinski definition) is 3. The molecular weight excluding hydrogens is 497 g/mol. The van der Waals surface area contributed by atoms with Crippen LogP contribution in [0.5, 0.6) is 5.75 Å². The number of nitrogens with zero attached hydrogens (tertiary/aromatic N) is 3. The number of para-hydroxylation sites is 2. The van der Waals surface area contributed by atoms with E-state index in [2.05, 4.69) is 51.2 Å². The van der Waals surface area contributed by atoms with Crippen molar-refractivity contribution in [2.24, 2.45) is 0 Å². The Morgan fingerprint density at radius 3 is 2.34 bits per heavy atom. The molecular formula is C27H31F3N6O2. The topological polar surface area (TPSA) is 91.4 Å². The molecule has 11 heteroatoms. The van der Waals surface area contributed by atoms with Crippen LogP contribution < -0.4 is 25.6 Å². The highest BCUT2D eigenvalue weighted by atomic mass is 19.4. The number of rotatable bonds is 12. The van der Waals surface area contributed by atoms with E-state index in [0.29, 0.717) is 17.6 Å². The molecule has 2 aromatic carbocycles. The smallest absolute Gasteiger partial charge is 0.421 e. The molecule has 0 aliphatic heterocycles. The fourth-order valence-electron chi connectivity index (χ4n) is 3.77. The molecule has 0 saturated carbocycles. The molecule has 0 radical (unpaired) electrons. The van der Waals surface area contributed by atoms with Gasteiger partial charge < -0.3 is 25.6 Å². The van der Waals surface area contributed by atoms with E-state index in [1.807, 2.05) is 12.1 Å². The van der Waals surface area contributed by atoms with Crippen molar-refractivity contribution < 1.29 is 22.7 Å². The Labute approximate surface area is 219 Å². The van der Waals surface area contributed by atoms with Crippen LogP contribution in [0.4, 0.5) is 47.7 Å². The first-order valence-corrected chi connectivity index (χ1v) is 12.1. The molecule has 0 spiro atoms. The third-order valence-electron chi connectivity index (χ3n) is 5.50. The fraction of sp³-hybridized carbons (Fsp3) is 0.296. The summed E-state index contributed by atoms with van der Waals surface area (Å²) in [5.74, 6) is -0.566. The van der Waals surface area contributed by atoms with E-state index in [9.17, 15) is 18.0 Å². The monoisotopic (exact) mass is 528 g/mol. The Morgan fingerprint density at radius 1 is 1.05 bits per heavy atom. The van der Waals surface area contributed by atoms with Gasteiger partial charge in [0.05, 0.1) is 24.2 Å². The number of ether oxygens (including phenoxy) is 1. The molecule has 3 rings (SSSR count). The average Bonchev–Trinajstić information content (AvgIpc) is 2.89. The minimum Gasteiger partial charge on any atom is -0.494 e. The van der Waals surface area contributed by atoms with Crippen molar-refractivity contribution in [1.29, 1.82) is 0 Å². The summed E-state index contributed by atoms with van der Waals surface area (Å²) in [4.78, 5) is 22.0. The summed E-state index contributed by atoms with van der Waals surface area (Å²) in [5, 5.41) is 8.20. The molecule has 1 heterocycles. The van der Waals surface area contributed by atoms with Gasteiger partial charge in [-0.2, -0.15) is 18.2 Å². The molecule has 38 heavy (non-hydrogen) atoms. The molecule has 0 fully saturated rings. The van der Waals surface area contributed by atoms with E-state index < -0.39 is 23.5 Å². The highest BCUT2D eigenvalue weighted by Crippen LogP contribution is 2.37. The third kappa shape index (κ3) is 7.15. The molecule has 3 aromatic rings. The lowest BCUT2D eigenvalue weighted by molar-refractivity contribution is -0.137. The van der Waals surface area contributed by atoms with E-state index in [1.165, 1.54) is 13.2 Å². The maximum Gasteiger partial charge on any atom is 0.421 e. The van der Waals surface area contributed by atoms with Gasteiger partial charge in [-0.05, 0) is 43.2 Å². The van der Waals surface area contributed by atoms with E-state index in [4.69, 9.17) is 4.74 Å². The first-order chi connectivity index (χ1) is 18.2. The number of carbonyl (C=O) groups is 1. The number of anilines is 6. The van der Waals surface area contributed by atoms with Gasteiger partial charge in [0.1, 0.15) is 17.1 Å². The number of hydrogen-bond acceptors (Lipinski definition) is 7. The zero-order valence-corrected chi connectivity index (χ0v) is 21.5. The van der Waals surface area contributed by atoms with Crippen LogP contribution in [-0.2, 0) is 11.0 Å². The van der Waals surface area contributed by atoms with Crippen molar-refractivity contribution >= 4 is 40.4 Å². The highest BCUT2D eigenvalue weighted by Gasteiger charge is 2.35. The number of aromatic nitrogens is 2. The van der Waals surface area contributed by atoms with Crippen molar-refractivity contribution in [3.05, 3.63) is 66.9 Å². The van der Waals surface area contributed by atoms with E-state index in [-0.39, 0.29) is 17.3 Å². The summed E-state index contributed by atoms with van der Waals surface area (Å²) >= 11 is 0. The van der Waals surface area contributed by atoms with Crippen LogP contribution in [-0.4, -0.2) is 36.1 Å². The quantitative estimate of drug-likeness (QED) is 0.224. The van der Waals surface area contributed by atoms with Gasteiger partial charge in [-0.15, -0.1) is 0 Å². The molecule has 0 aliphatic carbocycles. The van der Waals surface area contributed by atoms with Gasteiger partial charge in [0.25, 0.3) is 0 Å². The summed E-state index contributed by atoms with van der Waals surface area (Å²) < 4.78 is 46.9. The van der Waals surface area contributed by atoms with Crippen LogP contribution >= 0.6 is 0 Å². The number of nitrogens with one attached hydrogen (secondary N) is 3. The van der Waals surface area contributed by atoms with Gasteiger partial charge in [0, 0.05) is 31.0 Å². The van der Waals surface area contributed by atoms with Crippen LogP contribution in [0.1, 0.15) is 32.3 Å². The molecule has 1 aromatic heterocycles. The predicted octanol–water partition coefficient (Wildman–Crippen LogP) is 6.74. The number of amides is 1. The summed E-state index contributed by atoms with van der Waals surface area (Å²) in [6.45, 7) is 9.37. The van der Waals surface area contributed by atoms with Gasteiger partial charge in [-0.25, -0.2) is 4.98 Å². The molecule has 3 N–H and O–H groups in total. The van der Waals surface area contributed by atoms with Crippen molar-refractivity contribution in [3.63, 3.8) is 0 Å². The Morgan fingerprint density at radius 2 is 1.74 bits per heavy atom. The normalized spacial score (nSPS) is 11.0. The van der Waals surface area contributed by atoms with E-state index >= 15 is 0 Å². The van der Waals surface area contributed by atoms with Crippen LogP contribution in [0.15, 0.2) is 61.3 Å². The molecule has 0 atom stereocenters. The second-order valence-electron chi connectivity index (χ2n) is 8.31. The van der Waals surface area contributed by atoms with Crippen LogP contribution in [0.3, 0.4) is 0 Å². The Balaban J connectivity index is 1.96. The number of carbonyl (C=O) groups excluding carboxylic acids is 1. The first kappa shape index (κ1) is 28.3. The molecule has 0 aliphatic rings. The Hall–Kier alpha value is -4.28. The summed E-state index contributed by atoms with van der Waals surface area (Å²) in [6, 6.07) is 11.9. The lowest BCUT2D eigenvalue weighted by Gasteiger charge is -2.25. The Bertz CT molecular complexity index is 1260. The van der Waals surface area contributed by atoms with Gasteiger partial charge in [0.15, 0.2) is 0 Å². The fourth-order valence-corrected chi connectivity index (χ4v) is 3.77. The van der Waals surface area contributed by atoms with E-state index in [0.717, 1.165) is 37.7 Å². The zero-order valence-electron chi connectivity index (χ0n) is 21.5. The third-order valence-corrected chi connectivity index (χ3v) is 5.50. The average molecular weight is 529 g/mol. The van der Waals surface area contributed by atoms with Gasteiger partial charge >= 0.3 is 6.18 Å². The number of benzene rings is 2. The summed E-state index contributed by atoms with van der Waals surface area (Å²) in [7, 11) is 1.52. The predicted molar refractivity (Wildman–Crippen MR) is 145 cm³/mol. The van der Waals surface area contributed by atoms with Crippen molar-refractivity contribution in [2.45, 2.75) is 32.9 Å². The van der Waals surface area contributed by atoms with Gasteiger partial charge in [0.2, 0.25) is 11.9 Å². The van der Waals surface area contributed by atoms with Crippen molar-refractivity contribution in [2.75, 3.05) is 41.0 Å². The van der Waals surface area contributed by atoms with Crippen LogP contribution in [0.25, 0.3) is 0 Å². The molecule has 0 bridgehead atoms. The lowest BCUT2D eigenvalue weighted by atomic mass is 10.2. The van der Waals surface area contributed by atoms with E-state index in [1.54, 1.807) is 24.3 Å². The second-order valence-corrected chi connectivity index (χ2v) is 8.31. The minimum atomic E-state index is -4.72. The number of halogens is 3. The minimum absolute atomic E-state index is 0.0712. The van der Waals surface area contributed by atoms with Gasteiger partial charge in [-0.3, -0.25) is 4.79 Å². The Kier molecular flexibility index (Phi) is 9.53. The number of methoxy groups -OCH3 is 1. The highest BCUT2D eigenvalue weighted by molar-refractivity contribution is 6.01. The number of alkyl halides is 3. The van der Waals surface area contributed by atoms with Crippen LogP contribution in [0, 0.1) is 0 Å². The van der Waals surface area contributed by atoms with Gasteiger partial charge in [-0.1, -0.05) is 32.6 Å². The molecule has 0 saturated heterocycles. The second kappa shape index (κ2) is 12.8. The largest absolute Gasteiger partial charge is 0.494 e. The standard InChI is InChI=1S/C27H31F3N6O2/c1-5-14-36(15-6-2)18-12-13-22(23(16-18)38-4)34-26-31-17-19(27(28,29)30)25(35-26)33-21-11-9-8-10-20(21)32-24(37)7-3/h7-13,16-17H,3,5-6,14-15H2,1-2,4H3,(H,32,37)(H2,31,33,34,35). The molecule has 0 unspecified atom stereocenters. The first-order valence-electron chi connectivity index (χ1n) is 12.1. The molecule has 8 nitrogen and oxygen atoms in total. The lowest BCUT2D eigenvalue weighted by Crippen LogP contribution is -2.24. The molecule has 1 amide bonds. The molecule has 202 valence electrons. The van der Waals surface area contributed by atoms with Crippen molar-refractivity contribution in [3.8, 4) is 5.75 Å². The van der Waals surface area contributed by atoms with Crippen molar-refractivity contribution in [1.82, 2.24) is 9.97 Å². The summed E-state index contributed by atoms with van der Waals surface area (Å²) in [5.41, 5.74) is 0.884. The van der Waals surface area contributed by atoms with Crippen LogP contribution in [0.2, 0.25) is 0 Å². The summed E-state index contributed by atoms with van der Waals surface area (Å²) in [6.07, 6.45) is -0.988. The zero-order chi connectivity index (χ0) is 27.7. The maximum absolute atomic E-state index is 13.8.